The molecule has 0 amide bonds. The number of halogens is 3. The maximum Gasteiger partial charge on any atom is 0.425 e. The summed E-state index contributed by atoms with van der Waals surface area (Å²) in [6, 6.07) is 13.0. The zero-order valence-electron chi connectivity index (χ0n) is 19.2. The number of aliphatic carboxylic acids is 1. The number of ether oxygens (including phenoxy) is 1. The van der Waals surface area contributed by atoms with Crippen LogP contribution >= 0.6 is 0 Å². The fourth-order valence-electron chi connectivity index (χ4n) is 3.17. The molecular formula is C23H29F3N2O5S. The summed E-state index contributed by atoms with van der Waals surface area (Å²) >= 11 is 0. The van der Waals surface area contributed by atoms with Gasteiger partial charge in [0.2, 0.25) is 10.0 Å². The molecule has 1 aliphatic heterocycles. The molecule has 188 valence electrons. The van der Waals surface area contributed by atoms with Crippen LogP contribution in [0.4, 0.5) is 18.9 Å². The quantitative estimate of drug-likeness (QED) is 0.602. The van der Waals surface area contributed by atoms with E-state index < -0.39 is 34.2 Å². The largest absolute Gasteiger partial charge is 0.481 e. The molecule has 2 aromatic rings. The number of carboxylic acid groups (broad SMARTS) is 1. The van der Waals surface area contributed by atoms with Gasteiger partial charge in [-0.3, -0.25) is 4.79 Å². The molecule has 0 aliphatic carbocycles. The van der Waals surface area contributed by atoms with Crippen molar-refractivity contribution in [3.05, 3.63) is 54.1 Å². The van der Waals surface area contributed by atoms with Crippen LogP contribution in [-0.4, -0.2) is 56.2 Å². The molecule has 7 nitrogen and oxygen atoms in total. The maximum atomic E-state index is 12.4. The van der Waals surface area contributed by atoms with Gasteiger partial charge in [0.15, 0.2) is 6.10 Å². The van der Waals surface area contributed by atoms with Gasteiger partial charge in [-0.25, -0.2) is 8.42 Å². The highest BCUT2D eigenvalue weighted by atomic mass is 32.2. The van der Waals surface area contributed by atoms with Crippen molar-refractivity contribution >= 4 is 21.7 Å². The fraction of sp³-hybridized carbons (Fsp3) is 0.435. The second-order valence-corrected chi connectivity index (χ2v) is 9.84. The Bertz CT molecular complexity index is 1030. The summed E-state index contributed by atoms with van der Waals surface area (Å²) in [7, 11) is -1.76. The van der Waals surface area contributed by atoms with E-state index in [1.54, 1.807) is 43.4 Å². The number of carboxylic acids is 1. The Labute approximate surface area is 197 Å². The summed E-state index contributed by atoms with van der Waals surface area (Å²) in [5.74, 6) is -1.06. The van der Waals surface area contributed by atoms with Crippen LogP contribution in [0.15, 0.2) is 53.4 Å². The summed E-state index contributed by atoms with van der Waals surface area (Å²) < 4.78 is 67.2. The molecule has 1 fully saturated rings. The minimum atomic E-state index is -4.33. The van der Waals surface area contributed by atoms with Crippen LogP contribution in [0.3, 0.4) is 0 Å². The Balaban J connectivity index is 0.000000248. The second-order valence-electron chi connectivity index (χ2n) is 7.91. The average molecular weight is 503 g/mol. The monoisotopic (exact) mass is 502 g/mol. The van der Waals surface area contributed by atoms with Crippen molar-refractivity contribution in [3.63, 3.8) is 0 Å². The minimum Gasteiger partial charge on any atom is -0.481 e. The van der Waals surface area contributed by atoms with E-state index in [0.717, 1.165) is 18.2 Å². The first-order valence-electron chi connectivity index (χ1n) is 10.7. The Morgan fingerprint density at radius 3 is 2.06 bits per heavy atom. The van der Waals surface area contributed by atoms with Gasteiger partial charge in [0.1, 0.15) is 5.75 Å². The molecule has 1 saturated heterocycles. The van der Waals surface area contributed by atoms with Crippen LogP contribution in [0.1, 0.15) is 25.3 Å². The number of alkyl halides is 3. The number of anilines is 1. The van der Waals surface area contributed by atoms with Crippen LogP contribution in [0, 0.1) is 12.8 Å². The van der Waals surface area contributed by atoms with E-state index in [4.69, 9.17) is 9.84 Å². The highest BCUT2D eigenvalue weighted by Crippen LogP contribution is 2.26. The lowest BCUT2D eigenvalue weighted by Gasteiger charge is -2.29. The smallest absolute Gasteiger partial charge is 0.425 e. The first kappa shape index (κ1) is 27.5. The number of sulfonamides is 1. The summed E-state index contributed by atoms with van der Waals surface area (Å²) in [6.07, 6.45) is -5.37. The molecule has 11 heteroatoms. The van der Waals surface area contributed by atoms with Crippen LogP contribution in [0.25, 0.3) is 0 Å². The average Bonchev–Trinajstić information content (AvgIpc) is 2.79. The number of rotatable bonds is 6. The zero-order valence-corrected chi connectivity index (χ0v) is 20.0. The maximum absolute atomic E-state index is 12.4. The lowest BCUT2D eigenvalue weighted by molar-refractivity contribution is -0.189. The molecule has 2 N–H and O–H groups in total. The van der Waals surface area contributed by atoms with Crippen molar-refractivity contribution in [1.82, 2.24) is 4.31 Å². The number of aryl methyl sites for hydroxylation is 1. The Kier molecular flexibility index (Phi) is 9.34. The highest BCUT2D eigenvalue weighted by molar-refractivity contribution is 7.89. The van der Waals surface area contributed by atoms with Gasteiger partial charge in [0.25, 0.3) is 0 Å². The third-order valence-corrected chi connectivity index (χ3v) is 7.29. The normalized spacial score (nSPS) is 16.2. The van der Waals surface area contributed by atoms with Crippen molar-refractivity contribution in [1.29, 1.82) is 0 Å². The van der Waals surface area contributed by atoms with Crippen LogP contribution < -0.4 is 10.1 Å². The zero-order chi connectivity index (χ0) is 25.5. The van der Waals surface area contributed by atoms with Gasteiger partial charge in [0, 0.05) is 25.8 Å². The van der Waals surface area contributed by atoms with E-state index in [2.05, 4.69) is 5.32 Å². The van der Waals surface area contributed by atoms with Gasteiger partial charge >= 0.3 is 12.1 Å². The molecular weight excluding hydrogens is 473 g/mol. The summed E-state index contributed by atoms with van der Waals surface area (Å²) in [6.45, 7) is 3.42. The van der Waals surface area contributed by atoms with E-state index in [1.165, 1.54) is 16.4 Å². The number of carbonyl (C=O) groups is 1. The number of piperidine rings is 1. The van der Waals surface area contributed by atoms with Crippen molar-refractivity contribution in [2.75, 3.05) is 25.5 Å². The second kappa shape index (κ2) is 11.6. The molecule has 0 radical (unpaired) electrons. The van der Waals surface area contributed by atoms with E-state index >= 15 is 0 Å². The van der Waals surface area contributed by atoms with E-state index in [0.29, 0.717) is 12.8 Å². The number of nitrogens with zero attached hydrogens (tertiary/aromatic N) is 1. The van der Waals surface area contributed by atoms with Crippen molar-refractivity contribution in [2.24, 2.45) is 5.92 Å². The highest BCUT2D eigenvalue weighted by Gasteiger charge is 2.38. The van der Waals surface area contributed by atoms with Crippen molar-refractivity contribution < 1.29 is 36.2 Å². The standard InChI is InChI=1S/C13H17NO4S.C10H12F3NO/c1-10-2-4-12(5-3-10)19(17,18)14-8-6-11(7-9-14)13(15)16;1-7(10(11,12)13)15-9-5-3-8(14-2)4-6-9/h2-5,11H,6-9H2,1H3,(H,15,16);3-7,14H,1-2H3. The van der Waals surface area contributed by atoms with Gasteiger partial charge in [-0.2, -0.15) is 17.5 Å². The number of hydrogen-bond acceptors (Lipinski definition) is 5. The topological polar surface area (TPSA) is 95.9 Å². The molecule has 1 aliphatic rings. The SMILES string of the molecule is CNc1ccc(OC(C)C(F)(F)F)cc1.Cc1ccc(S(=O)(=O)N2CCC(C(=O)O)CC2)cc1. The first-order valence-corrected chi connectivity index (χ1v) is 12.1. The molecule has 0 aromatic heterocycles. The number of hydrogen-bond donors (Lipinski definition) is 2. The molecule has 0 spiro atoms. The van der Waals surface area contributed by atoms with Crippen LogP contribution in [0.2, 0.25) is 0 Å². The summed E-state index contributed by atoms with van der Waals surface area (Å²) in [5, 5.41) is 11.8. The Morgan fingerprint density at radius 2 is 1.62 bits per heavy atom. The lowest BCUT2D eigenvalue weighted by atomic mass is 9.99. The molecule has 0 saturated carbocycles. The molecule has 34 heavy (non-hydrogen) atoms. The minimum absolute atomic E-state index is 0.207. The van der Waals surface area contributed by atoms with Crippen molar-refractivity contribution in [3.8, 4) is 5.75 Å². The summed E-state index contributed by atoms with van der Waals surface area (Å²) in [5.41, 5.74) is 1.82. The predicted octanol–water partition coefficient (Wildman–Crippen LogP) is 4.54. The summed E-state index contributed by atoms with van der Waals surface area (Å²) in [4.78, 5) is 11.1. The van der Waals surface area contributed by atoms with Crippen LogP contribution in [0.5, 0.6) is 5.75 Å². The fourth-order valence-corrected chi connectivity index (χ4v) is 4.64. The Hall–Kier alpha value is -2.79. The van der Waals surface area contributed by atoms with E-state index in [1.807, 2.05) is 6.92 Å². The third kappa shape index (κ3) is 7.63. The van der Waals surface area contributed by atoms with E-state index in [-0.39, 0.29) is 23.7 Å². The molecule has 2 aromatic carbocycles. The van der Waals surface area contributed by atoms with Crippen LogP contribution in [-0.2, 0) is 14.8 Å². The lowest BCUT2D eigenvalue weighted by Crippen LogP contribution is -2.40. The molecule has 0 bridgehead atoms. The Morgan fingerprint density at radius 1 is 1.09 bits per heavy atom. The van der Waals surface area contributed by atoms with Crippen molar-refractivity contribution in [2.45, 2.75) is 43.9 Å². The number of nitrogens with one attached hydrogen (secondary N) is 1. The van der Waals surface area contributed by atoms with Gasteiger partial charge in [-0.05, 0) is 63.1 Å². The first-order chi connectivity index (χ1) is 15.8. The molecule has 1 atom stereocenters. The molecule has 3 rings (SSSR count). The molecule has 1 heterocycles. The van der Waals surface area contributed by atoms with Gasteiger partial charge in [-0.15, -0.1) is 0 Å². The molecule has 1 unspecified atom stereocenters. The van der Waals surface area contributed by atoms with Gasteiger partial charge in [0.05, 0.1) is 10.8 Å². The third-order valence-electron chi connectivity index (χ3n) is 5.38. The predicted molar refractivity (Wildman–Crippen MR) is 122 cm³/mol. The van der Waals surface area contributed by atoms with E-state index in [9.17, 15) is 26.4 Å². The van der Waals surface area contributed by atoms with Gasteiger partial charge in [-0.1, -0.05) is 17.7 Å². The number of benzene rings is 2. The van der Waals surface area contributed by atoms with Gasteiger partial charge < -0.3 is 15.2 Å².